The molecular weight excluding hydrogens is 396 g/mol. The summed E-state index contributed by atoms with van der Waals surface area (Å²) in [7, 11) is 1.45. The number of methoxy groups -OCH3 is 1. The second-order valence-corrected chi connectivity index (χ2v) is 7.41. The Morgan fingerprint density at radius 1 is 1.36 bits per heavy atom. The Morgan fingerprint density at radius 3 is 2.73 bits per heavy atom. The molecule has 0 N–H and O–H groups in total. The number of piperidine rings is 1. The molecule has 2 saturated heterocycles. The highest BCUT2D eigenvalue weighted by atomic mass is 127. The summed E-state index contributed by atoms with van der Waals surface area (Å²) in [6.07, 6.45) is 2.93. The molecule has 0 saturated carbocycles. The predicted molar refractivity (Wildman–Crippen MR) is 91.5 cm³/mol. The number of rotatable bonds is 4. The number of ether oxygens (including phenoxy) is 1. The van der Waals surface area contributed by atoms with E-state index in [9.17, 15) is 9.18 Å². The van der Waals surface area contributed by atoms with Gasteiger partial charge in [0.15, 0.2) is 0 Å². The van der Waals surface area contributed by atoms with Crippen LogP contribution in [0.2, 0.25) is 0 Å². The van der Waals surface area contributed by atoms with E-state index in [2.05, 4.69) is 51.8 Å². The fraction of sp³-hybridized carbons (Fsp3) is 0.588. The minimum absolute atomic E-state index is 0.117. The zero-order valence-corrected chi connectivity index (χ0v) is 14.8. The lowest BCUT2D eigenvalue weighted by Gasteiger charge is -2.43. The second kappa shape index (κ2) is 6.83. The Balaban J connectivity index is 1.92. The van der Waals surface area contributed by atoms with Crippen molar-refractivity contribution in [3.8, 4) is 0 Å². The molecule has 3 nitrogen and oxygen atoms in total. The van der Waals surface area contributed by atoms with Crippen LogP contribution in [0.5, 0.6) is 0 Å². The number of fused-ring (bicyclic) bond motifs is 2. The fourth-order valence-electron chi connectivity index (χ4n) is 4.27. The first-order valence-electron chi connectivity index (χ1n) is 7.80. The molecule has 0 aromatic heterocycles. The van der Waals surface area contributed by atoms with E-state index < -0.39 is 0 Å². The van der Waals surface area contributed by atoms with Crippen molar-refractivity contribution in [2.75, 3.05) is 20.3 Å². The van der Waals surface area contributed by atoms with Gasteiger partial charge in [-0.15, -0.1) is 0 Å². The van der Waals surface area contributed by atoms with Crippen molar-refractivity contribution in [3.63, 3.8) is 0 Å². The molecule has 22 heavy (non-hydrogen) atoms. The maximum atomic E-state index is 12.9. The molecule has 2 aliphatic rings. The highest BCUT2D eigenvalue weighted by Gasteiger charge is 2.50. The Morgan fingerprint density at radius 2 is 2.09 bits per heavy atom. The molecule has 120 valence electrons. The zero-order valence-electron chi connectivity index (χ0n) is 12.7. The van der Waals surface area contributed by atoms with Crippen molar-refractivity contribution in [2.45, 2.75) is 37.3 Å². The molecule has 0 radical (unpaired) electrons. The monoisotopic (exact) mass is 417 g/mol. The summed E-state index contributed by atoms with van der Waals surface area (Å²) in [4.78, 5) is 14.6. The largest absolute Gasteiger partial charge is 0.469 e. The van der Waals surface area contributed by atoms with Crippen LogP contribution in [-0.4, -0.2) is 43.3 Å². The number of carbonyl (C=O) groups is 1. The van der Waals surface area contributed by atoms with Gasteiger partial charge in [0, 0.05) is 28.1 Å². The number of hydrogen-bond donors (Lipinski definition) is 0. The Bertz CT molecular complexity index is 536. The third-order valence-electron chi connectivity index (χ3n) is 5.18. The van der Waals surface area contributed by atoms with Gasteiger partial charge in [0.2, 0.25) is 0 Å². The minimum atomic E-state index is -0.352. The van der Waals surface area contributed by atoms with E-state index in [1.54, 1.807) is 0 Å². The predicted octanol–water partition coefficient (Wildman–Crippen LogP) is 3.37. The lowest BCUT2D eigenvalue weighted by Crippen LogP contribution is -2.51. The first kappa shape index (κ1) is 16.2. The van der Waals surface area contributed by atoms with Gasteiger partial charge in [-0.25, -0.2) is 4.39 Å². The van der Waals surface area contributed by atoms with Gasteiger partial charge in [-0.2, -0.15) is 0 Å². The molecule has 2 fully saturated rings. The topological polar surface area (TPSA) is 29.5 Å². The number of hydrogen-bond acceptors (Lipinski definition) is 3. The molecule has 3 rings (SSSR count). The van der Waals surface area contributed by atoms with Crippen LogP contribution in [-0.2, 0) is 9.53 Å². The van der Waals surface area contributed by atoms with Crippen molar-refractivity contribution in [2.24, 2.45) is 5.92 Å². The van der Waals surface area contributed by atoms with Crippen molar-refractivity contribution < 1.29 is 13.9 Å². The van der Waals surface area contributed by atoms with E-state index in [-0.39, 0.29) is 30.5 Å². The Hall–Kier alpha value is -0.690. The van der Waals surface area contributed by atoms with E-state index in [4.69, 9.17) is 4.74 Å². The van der Waals surface area contributed by atoms with Crippen LogP contribution in [0.15, 0.2) is 24.3 Å². The Labute approximate surface area is 144 Å². The number of halogens is 2. The van der Waals surface area contributed by atoms with Gasteiger partial charge in [-0.3, -0.25) is 9.69 Å². The number of esters is 1. The molecule has 0 spiro atoms. The second-order valence-electron chi connectivity index (χ2n) is 6.17. The van der Waals surface area contributed by atoms with Gasteiger partial charge in [0.25, 0.3) is 0 Å². The van der Waals surface area contributed by atoms with Crippen molar-refractivity contribution in [1.82, 2.24) is 4.90 Å². The summed E-state index contributed by atoms with van der Waals surface area (Å²) in [6.45, 7) is 0.0807. The molecule has 0 amide bonds. The molecule has 4 atom stereocenters. The van der Waals surface area contributed by atoms with E-state index in [1.165, 1.54) is 16.2 Å². The lowest BCUT2D eigenvalue weighted by atomic mass is 9.76. The fourth-order valence-corrected chi connectivity index (χ4v) is 4.63. The summed E-state index contributed by atoms with van der Waals surface area (Å²) >= 11 is 2.29. The minimum Gasteiger partial charge on any atom is -0.469 e. The summed E-state index contributed by atoms with van der Waals surface area (Å²) in [5, 5.41) is 0. The van der Waals surface area contributed by atoms with Crippen LogP contribution in [0, 0.1) is 9.49 Å². The summed E-state index contributed by atoms with van der Waals surface area (Å²) < 4.78 is 19.1. The lowest BCUT2D eigenvalue weighted by molar-refractivity contribution is -0.150. The van der Waals surface area contributed by atoms with Crippen LogP contribution in [0.4, 0.5) is 4.39 Å². The van der Waals surface area contributed by atoms with Crippen molar-refractivity contribution >= 4 is 28.6 Å². The maximum absolute atomic E-state index is 12.9. The van der Waals surface area contributed by atoms with Gasteiger partial charge >= 0.3 is 5.97 Å². The standard InChI is InChI=1S/C17H21FINO2/c1-22-17(21)16-14(11-2-4-12(19)5-3-11)10-13-6-7-15(16)20(13)9-8-18/h2-5,13-16H,6-10H2,1H3/t13-,14-,15?,16?/m1/s1. The van der Waals surface area contributed by atoms with Crippen molar-refractivity contribution in [1.29, 1.82) is 0 Å². The van der Waals surface area contributed by atoms with Gasteiger partial charge in [-0.05, 0) is 59.5 Å². The maximum Gasteiger partial charge on any atom is 0.310 e. The molecule has 0 aliphatic carbocycles. The van der Waals surface area contributed by atoms with E-state index in [0.717, 1.165) is 19.3 Å². The van der Waals surface area contributed by atoms with Gasteiger partial charge < -0.3 is 4.74 Å². The van der Waals surface area contributed by atoms with Crippen LogP contribution in [0.25, 0.3) is 0 Å². The van der Waals surface area contributed by atoms with Gasteiger partial charge in [-0.1, -0.05) is 12.1 Å². The molecule has 5 heteroatoms. The summed E-state index contributed by atoms with van der Waals surface area (Å²) in [5.74, 6) is -0.161. The first-order chi connectivity index (χ1) is 10.7. The highest BCUT2D eigenvalue weighted by molar-refractivity contribution is 14.1. The highest BCUT2D eigenvalue weighted by Crippen LogP contribution is 2.47. The molecule has 2 unspecified atom stereocenters. The molecular formula is C17H21FINO2. The number of alkyl halides is 1. The number of nitrogens with zero attached hydrogens (tertiary/aromatic N) is 1. The zero-order chi connectivity index (χ0) is 15.7. The van der Waals surface area contributed by atoms with E-state index >= 15 is 0 Å². The Kier molecular flexibility index (Phi) is 5.02. The summed E-state index contributed by atoms with van der Waals surface area (Å²) in [5.41, 5.74) is 1.20. The van der Waals surface area contributed by atoms with E-state index in [1.807, 2.05) is 0 Å². The third kappa shape index (κ3) is 2.89. The third-order valence-corrected chi connectivity index (χ3v) is 5.90. The first-order valence-corrected chi connectivity index (χ1v) is 8.88. The van der Waals surface area contributed by atoms with E-state index in [0.29, 0.717) is 12.6 Å². The van der Waals surface area contributed by atoms with Crippen LogP contribution in [0.3, 0.4) is 0 Å². The molecule has 1 aromatic rings. The van der Waals surface area contributed by atoms with Crippen LogP contribution >= 0.6 is 22.6 Å². The van der Waals surface area contributed by atoms with Crippen LogP contribution < -0.4 is 0 Å². The quantitative estimate of drug-likeness (QED) is 0.556. The van der Waals surface area contributed by atoms with Gasteiger partial charge in [0.1, 0.15) is 6.67 Å². The summed E-state index contributed by atoms with van der Waals surface area (Å²) in [6, 6.07) is 8.91. The molecule has 1 aromatic carbocycles. The number of benzene rings is 1. The molecule has 2 bridgehead atoms. The molecule has 2 aliphatic heterocycles. The number of carbonyl (C=O) groups excluding carboxylic acids is 1. The average Bonchev–Trinajstić information content (AvgIpc) is 2.80. The van der Waals surface area contributed by atoms with Crippen LogP contribution in [0.1, 0.15) is 30.7 Å². The average molecular weight is 417 g/mol. The van der Waals surface area contributed by atoms with Gasteiger partial charge in [0.05, 0.1) is 13.0 Å². The SMILES string of the molecule is COC(=O)C1C2CC[C@H](C[C@@H]1c1ccc(I)cc1)N2CCF. The normalized spacial score (nSPS) is 31.2. The molecule has 2 heterocycles. The van der Waals surface area contributed by atoms with Crippen molar-refractivity contribution in [3.05, 3.63) is 33.4 Å². The smallest absolute Gasteiger partial charge is 0.310 e.